The normalized spacial score (nSPS) is 19.7. The number of morpholine rings is 1. The molecule has 9 heteroatoms. The molecule has 0 saturated carbocycles. The van der Waals surface area contributed by atoms with E-state index in [1.807, 2.05) is 19.2 Å². The predicted octanol–water partition coefficient (Wildman–Crippen LogP) is 0.619. The number of sulfonamides is 1. The zero-order chi connectivity index (χ0) is 16.4. The van der Waals surface area contributed by atoms with E-state index in [2.05, 4.69) is 15.3 Å². The van der Waals surface area contributed by atoms with Crippen molar-refractivity contribution < 1.29 is 13.2 Å². The van der Waals surface area contributed by atoms with Crippen molar-refractivity contribution in [3.8, 4) is 0 Å². The number of nitrogens with zero attached hydrogens (tertiary/aromatic N) is 4. The summed E-state index contributed by atoms with van der Waals surface area (Å²) in [6.07, 6.45) is 4.29. The number of anilines is 1. The topological polar surface area (TPSA) is 89.4 Å². The first kappa shape index (κ1) is 15.9. The fourth-order valence-electron chi connectivity index (χ4n) is 2.42. The Kier molecular flexibility index (Phi) is 4.33. The summed E-state index contributed by atoms with van der Waals surface area (Å²) in [4.78, 5) is 8.29. The van der Waals surface area contributed by atoms with Gasteiger partial charge in [-0.1, -0.05) is 0 Å². The summed E-state index contributed by atoms with van der Waals surface area (Å²) in [5.74, 6) is 0. The molecule has 3 heterocycles. The van der Waals surface area contributed by atoms with Gasteiger partial charge in [-0.15, -0.1) is 0 Å². The van der Waals surface area contributed by atoms with Gasteiger partial charge in [0, 0.05) is 33.4 Å². The Hall–Kier alpha value is -1.97. The minimum Gasteiger partial charge on any atom is -0.387 e. The summed E-state index contributed by atoms with van der Waals surface area (Å²) >= 11 is 0. The van der Waals surface area contributed by atoms with Crippen LogP contribution in [0.2, 0.25) is 0 Å². The maximum atomic E-state index is 12.6. The van der Waals surface area contributed by atoms with Crippen LogP contribution < -0.4 is 5.32 Å². The molecule has 3 rings (SSSR count). The molecule has 1 unspecified atom stereocenters. The molecule has 124 valence electrons. The lowest BCUT2D eigenvalue weighted by Crippen LogP contribution is -2.42. The number of aromatic nitrogens is 3. The summed E-state index contributed by atoms with van der Waals surface area (Å²) in [5, 5.41) is 3.05. The van der Waals surface area contributed by atoms with Crippen LogP contribution in [0.5, 0.6) is 0 Å². The number of pyridine rings is 1. The quantitative estimate of drug-likeness (QED) is 0.880. The Bertz CT molecular complexity index is 772. The molecule has 0 aliphatic carbocycles. The lowest BCUT2D eigenvalue weighted by atomic mass is 10.2. The van der Waals surface area contributed by atoms with Crippen LogP contribution in [0.4, 0.5) is 5.69 Å². The van der Waals surface area contributed by atoms with Gasteiger partial charge in [0.05, 0.1) is 30.5 Å². The highest BCUT2D eigenvalue weighted by atomic mass is 32.2. The van der Waals surface area contributed by atoms with Crippen molar-refractivity contribution in [1.82, 2.24) is 18.8 Å². The number of rotatable bonds is 4. The van der Waals surface area contributed by atoms with Crippen molar-refractivity contribution in [2.75, 3.05) is 32.1 Å². The first-order valence-corrected chi connectivity index (χ1v) is 8.68. The largest absolute Gasteiger partial charge is 0.387 e. The SMILES string of the molecule is CNc1ccc(C2CN(S(=O)(=O)c3cn(C)cn3)CCO2)nc1. The molecule has 2 aromatic rings. The number of hydrogen-bond acceptors (Lipinski definition) is 6. The number of hydrogen-bond donors (Lipinski definition) is 1. The van der Waals surface area contributed by atoms with Crippen LogP contribution in [0.1, 0.15) is 11.8 Å². The van der Waals surface area contributed by atoms with Crippen LogP contribution in [-0.4, -0.2) is 54.0 Å². The molecule has 1 aliphatic heterocycles. The maximum Gasteiger partial charge on any atom is 0.262 e. The Morgan fingerprint density at radius 3 is 2.78 bits per heavy atom. The van der Waals surface area contributed by atoms with E-state index in [0.29, 0.717) is 18.8 Å². The molecule has 1 saturated heterocycles. The number of ether oxygens (including phenoxy) is 1. The van der Waals surface area contributed by atoms with Gasteiger partial charge in [0.1, 0.15) is 6.10 Å². The zero-order valence-electron chi connectivity index (χ0n) is 13.0. The Balaban J connectivity index is 1.80. The maximum absolute atomic E-state index is 12.6. The van der Waals surface area contributed by atoms with Gasteiger partial charge in [-0.2, -0.15) is 4.31 Å². The first-order chi connectivity index (χ1) is 11.0. The Labute approximate surface area is 135 Å². The van der Waals surface area contributed by atoms with Gasteiger partial charge in [0.2, 0.25) is 0 Å². The van der Waals surface area contributed by atoms with Crippen molar-refractivity contribution in [2.24, 2.45) is 7.05 Å². The highest BCUT2D eigenvalue weighted by Gasteiger charge is 2.33. The van der Waals surface area contributed by atoms with Crippen molar-refractivity contribution in [1.29, 1.82) is 0 Å². The minimum absolute atomic E-state index is 0.0548. The molecule has 0 aromatic carbocycles. The van der Waals surface area contributed by atoms with Crippen molar-refractivity contribution in [3.05, 3.63) is 36.5 Å². The van der Waals surface area contributed by atoms with Crippen LogP contribution in [0.15, 0.2) is 35.9 Å². The second kappa shape index (κ2) is 6.26. The van der Waals surface area contributed by atoms with Crippen LogP contribution in [0, 0.1) is 0 Å². The van der Waals surface area contributed by atoms with E-state index in [4.69, 9.17) is 4.74 Å². The van der Waals surface area contributed by atoms with Gasteiger partial charge < -0.3 is 14.6 Å². The zero-order valence-corrected chi connectivity index (χ0v) is 13.8. The Morgan fingerprint density at radius 1 is 1.35 bits per heavy atom. The average molecular weight is 337 g/mol. The van der Waals surface area contributed by atoms with Crippen LogP contribution in [0.3, 0.4) is 0 Å². The van der Waals surface area contributed by atoms with E-state index < -0.39 is 10.0 Å². The predicted molar refractivity (Wildman–Crippen MR) is 84.4 cm³/mol. The number of imidazole rings is 1. The van der Waals surface area contributed by atoms with E-state index in [1.54, 1.807) is 17.8 Å². The summed E-state index contributed by atoms with van der Waals surface area (Å²) < 4.78 is 34.0. The molecule has 0 bridgehead atoms. The second-order valence-corrected chi connectivity index (χ2v) is 7.21. The molecule has 8 nitrogen and oxygen atoms in total. The molecule has 1 atom stereocenters. The van der Waals surface area contributed by atoms with Gasteiger partial charge >= 0.3 is 0 Å². The highest BCUT2D eigenvalue weighted by molar-refractivity contribution is 7.89. The van der Waals surface area contributed by atoms with Gasteiger partial charge in [-0.25, -0.2) is 13.4 Å². The summed E-state index contributed by atoms with van der Waals surface area (Å²) in [7, 11) is -0.0618. The van der Waals surface area contributed by atoms with Crippen molar-refractivity contribution in [2.45, 2.75) is 11.1 Å². The van der Waals surface area contributed by atoms with Crippen molar-refractivity contribution >= 4 is 15.7 Å². The van der Waals surface area contributed by atoms with E-state index in [0.717, 1.165) is 5.69 Å². The van der Waals surface area contributed by atoms with E-state index in [-0.39, 0.29) is 17.7 Å². The summed E-state index contributed by atoms with van der Waals surface area (Å²) in [5.41, 5.74) is 1.60. The monoisotopic (exact) mass is 337 g/mol. The molecule has 0 radical (unpaired) electrons. The fraction of sp³-hybridized carbons (Fsp3) is 0.429. The minimum atomic E-state index is -3.61. The summed E-state index contributed by atoms with van der Waals surface area (Å²) in [6, 6.07) is 3.73. The van der Waals surface area contributed by atoms with Crippen LogP contribution >= 0.6 is 0 Å². The molecule has 0 spiro atoms. The molecular weight excluding hydrogens is 318 g/mol. The van der Waals surface area contributed by atoms with Crippen LogP contribution in [-0.2, 0) is 21.8 Å². The first-order valence-electron chi connectivity index (χ1n) is 7.24. The third-order valence-corrected chi connectivity index (χ3v) is 5.47. The van der Waals surface area contributed by atoms with E-state index in [9.17, 15) is 8.42 Å². The summed E-state index contributed by atoms with van der Waals surface area (Å²) in [6.45, 7) is 0.862. The van der Waals surface area contributed by atoms with Crippen LogP contribution in [0.25, 0.3) is 0 Å². The smallest absolute Gasteiger partial charge is 0.262 e. The van der Waals surface area contributed by atoms with Gasteiger partial charge in [0.15, 0.2) is 5.03 Å². The van der Waals surface area contributed by atoms with E-state index >= 15 is 0 Å². The highest BCUT2D eigenvalue weighted by Crippen LogP contribution is 2.25. The number of aryl methyl sites for hydroxylation is 1. The molecule has 0 amide bonds. The van der Waals surface area contributed by atoms with Crippen molar-refractivity contribution in [3.63, 3.8) is 0 Å². The van der Waals surface area contributed by atoms with Gasteiger partial charge in [-0.3, -0.25) is 4.98 Å². The second-order valence-electron chi connectivity index (χ2n) is 5.32. The number of nitrogens with one attached hydrogen (secondary N) is 1. The molecule has 2 aromatic heterocycles. The Morgan fingerprint density at radius 2 is 2.17 bits per heavy atom. The third-order valence-electron chi connectivity index (χ3n) is 3.72. The third kappa shape index (κ3) is 3.21. The lowest BCUT2D eigenvalue weighted by Gasteiger charge is -2.31. The van der Waals surface area contributed by atoms with Gasteiger partial charge in [0.25, 0.3) is 10.0 Å². The van der Waals surface area contributed by atoms with E-state index in [1.165, 1.54) is 16.8 Å². The fourth-order valence-corrected chi connectivity index (χ4v) is 3.81. The molecule has 1 N–H and O–H groups in total. The molecule has 1 fully saturated rings. The lowest BCUT2D eigenvalue weighted by molar-refractivity contribution is -0.00498. The van der Waals surface area contributed by atoms with Gasteiger partial charge in [-0.05, 0) is 12.1 Å². The average Bonchev–Trinajstić information content (AvgIpc) is 3.02. The molecule has 1 aliphatic rings. The standard InChI is InChI=1S/C14H19N5O3S/c1-15-11-3-4-12(16-7-11)13-8-19(5-6-22-13)23(20,21)14-9-18(2)10-17-14/h3-4,7,9-10,13,15H,5-6,8H2,1-2H3. The molecular formula is C14H19N5O3S. The molecule has 23 heavy (non-hydrogen) atoms.